The molecule has 0 aliphatic rings. The number of aromatic nitrogens is 2. The van der Waals surface area contributed by atoms with E-state index in [-0.39, 0.29) is 18.0 Å². The normalized spacial score (nSPS) is 12.6. The lowest BCUT2D eigenvalue weighted by molar-refractivity contribution is -0.137. The van der Waals surface area contributed by atoms with E-state index in [1.54, 1.807) is 13.8 Å². The van der Waals surface area contributed by atoms with Gasteiger partial charge in [-0.05, 0) is 0 Å². The van der Waals surface area contributed by atoms with E-state index < -0.39 is 28.0 Å². The van der Waals surface area contributed by atoms with Crippen LogP contribution in [0.2, 0.25) is 0 Å². The van der Waals surface area contributed by atoms with Gasteiger partial charge in [0.25, 0.3) is 0 Å². The van der Waals surface area contributed by atoms with Gasteiger partial charge in [0.15, 0.2) is 0 Å². The number of nitrogens with zero attached hydrogens (tertiary/aromatic N) is 2. The van der Waals surface area contributed by atoms with E-state index in [0.717, 1.165) is 17.1 Å². The van der Waals surface area contributed by atoms with E-state index in [2.05, 4.69) is 9.82 Å². The molecule has 0 saturated carbocycles. The Labute approximate surface area is 111 Å². The summed E-state index contributed by atoms with van der Waals surface area (Å²) in [4.78, 5) is 10.4. The molecule has 0 radical (unpaired) electrons. The number of hydrogen-bond donors (Lipinski definition) is 3. The summed E-state index contributed by atoms with van der Waals surface area (Å²) in [6, 6.07) is 0. The first-order chi connectivity index (χ1) is 8.66. The largest absolute Gasteiger partial charge is 0.480 e. The molecular weight excluding hydrogens is 274 g/mol. The van der Waals surface area contributed by atoms with Crippen molar-refractivity contribution in [3.63, 3.8) is 0 Å². The van der Waals surface area contributed by atoms with Gasteiger partial charge in [-0.3, -0.25) is 9.48 Å². The molecule has 8 nitrogen and oxygen atoms in total. The lowest BCUT2D eigenvalue weighted by Crippen LogP contribution is -2.35. The third-order valence-electron chi connectivity index (χ3n) is 2.39. The Kier molecular flexibility index (Phi) is 4.66. The molecular formula is C10H17N3O5S. The summed E-state index contributed by atoms with van der Waals surface area (Å²) in [7, 11) is -3.76. The molecule has 1 aromatic heterocycles. The van der Waals surface area contributed by atoms with Crippen molar-refractivity contribution in [3.05, 3.63) is 12.4 Å². The van der Waals surface area contributed by atoms with Crippen molar-refractivity contribution in [1.82, 2.24) is 14.5 Å². The molecule has 19 heavy (non-hydrogen) atoms. The molecule has 0 unspecified atom stereocenters. The highest BCUT2D eigenvalue weighted by Crippen LogP contribution is 2.14. The third-order valence-corrected chi connectivity index (χ3v) is 3.74. The molecule has 3 N–H and O–H groups in total. The van der Waals surface area contributed by atoms with Gasteiger partial charge in [-0.15, -0.1) is 0 Å². The van der Waals surface area contributed by atoms with E-state index in [1.807, 2.05) is 0 Å². The number of aliphatic hydroxyl groups is 1. The molecule has 0 aromatic carbocycles. The van der Waals surface area contributed by atoms with Crippen molar-refractivity contribution in [1.29, 1.82) is 0 Å². The van der Waals surface area contributed by atoms with Crippen molar-refractivity contribution in [2.24, 2.45) is 5.41 Å². The first-order valence-electron chi connectivity index (χ1n) is 5.51. The topological polar surface area (TPSA) is 122 Å². The number of carboxylic acids is 1. The van der Waals surface area contributed by atoms with Gasteiger partial charge >= 0.3 is 5.97 Å². The highest BCUT2D eigenvalue weighted by Gasteiger charge is 2.22. The zero-order valence-corrected chi connectivity index (χ0v) is 11.5. The maximum Gasteiger partial charge on any atom is 0.325 e. The fourth-order valence-corrected chi connectivity index (χ4v) is 2.33. The van der Waals surface area contributed by atoms with Crippen LogP contribution < -0.4 is 4.72 Å². The average Bonchev–Trinajstić information content (AvgIpc) is 2.75. The quantitative estimate of drug-likeness (QED) is 0.608. The fourth-order valence-electron chi connectivity index (χ4n) is 1.14. The lowest BCUT2D eigenvalue weighted by atomic mass is 9.96. The summed E-state index contributed by atoms with van der Waals surface area (Å²) in [6.07, 6.45) is 2.22. The number of aliphatic hydroxyl groups excluding tert-OH is 1. The molecule has 9 heteroatoms. The van der Waals surface area contributed by atoms with Crippen LogP contribution in [-0.2, 0) is 21.4 Å². The summed E-state index contributed by atoms with van der Waals surface area (Å²) >= 11 is 0. The molecule has 0 aliphatic heterocycles. The maximum absolute atomic E-state index is 11.9. The van der Waals surface area contributed by atoms with Crippen LogP contribution in [0.1, 0.15) is 13.8 Å². The summed E-state index contributed by atoms with van der Waals surface area (Å²) < 4.78 is 27.2. The molecule has 1 rings (SSSR count). The van der Waals surface area contributed by atoms with Crippen LogP contribution in [0.15, 0.2) is 17.3 Å². The van der Waals surface area contributed by atoms with Gasteiger partial charge in [0, 0.05) is 24.8 Å². The van der Waals surface area contributed by atoms with Gasteiger partial charge < -0.3 is 10.2 Å². The summed E-state index contributed by atoms with van der Waals surface area (Å²) in [5.41, 5.74) is -0.579. The SMILES string of the molecule is CC(C)(CO)CNS(=O)(=O)c1cnn(CC(=O)O)c1. The predicted octanol–water partition coefficient (Wildman–Crippen LogP) is -0.735. The Balaban J connectivity index is 2.78. The second kappa shape index (κ2) is 5.68. The van der Waals surface area contributed by atoms with Crippen LogP contribution in [0.3, 0.4) is 0 Å². The van der Waals surface area contributed by atoms with Crippen molar-refractivity contribution >= 4 is 16.0 Å². The van der Waals surface area contributed by atoms with Crippen molar-refractivity contribution in [3.8, 4) is 0 Å². The minimum atomic E-state index is -3.76. The Hall–Kier alpha value is -1.45. The minimum absolute atomic E-state index is 0.0654. The number of aliphatic carboxylic acids is 1. The third kappa shape index (κ3) is 4.62. The fraction of sp³-hybridized carbons (Fsp3) is 0.600. The van der Waals surface area contributed by atoms with Crippen molar-refractivity contribution in [2.45, 2.75) is 25.3 Å². The number of carboxylic acid groups (broad SMARTS) is 1. The molecule has 0 aliphatic carbocycles. The Morgan fingerprint density at radius 2 is 2.16 bits per heavy atom. The van der Waals surface area contributed by atoms with Crippen LogP contribution in [0.4, 0.5) is 0 Å². The maximum atomic E-state index is 11.9. The predicted molar refractivity (Wildman–Crippen MR) is 65.9 cm³/mol. The van der Waals surface area contributed by atoms with Crippen LogP contribution in [-0.4, -0.2) is 47.5 Å². The molecule has 0 fully saturated rings. The smallest absolute Gasteiger partial charge is 0.325 e. The second-order valence-corrected chi connectivity index (χ2v) is 6.68. The van der Waals surface area contributed by atoms with Gasteiger partial charge in [-0.2, -0.15) is 5.10 Å². The van der Waals surface area contributed by atoms with Gasteiger partial charge in [-0.1, -0.05) is 13.8 Å². The summed E-state index contributed by atoms with van der Waals surface area (Å²) in [5.74, 6) is -1.11. The van der Waals surface area contributed by atoms with Crippen LogP contribution in [0, 0.1) is 5.41 Å². The molecule has 0 atom stereocenters. The van der Waals surface area contributed by atoms with E-state index in [9.17, 15) is 13.2 Å². The number of rotatable bonds is 7. The number of carbonyl (C=O) groups is 1. The van der Waals surface area contributed by atoms with Crippen LogP contribution >= 0.6 is 0 Å². The number of sulfonamides is 1. The first-order valence-corrected chi connectivity index (χ1v) is 6.99. The number of hydrogen-bond acceptors (Lipinski definition) is 5. The molecule has 0 amide bonds. The van der Waals surface area contributed by atoms with Gasteiger partial charge in [0.05, 0.1) is 6.20 Å². The van der Waals surface area contributed by atoms with E-state index in [4.69, 9.17) is 10.2 Å². The second-order valence-electron chi connectivity index (χ2n) is 4.91. The minimum Gasteiger partial charge on any atom is -0.480 e. The lowest BCUT2D eigenvalue weighted by Gasteiger charge is -2.21. The average molecular weight is 291 g/mol. The molecule has 0 spiro atoms. The Morgan fingerprint density at radius 3 is 2.68 bits per heavy atom. The Morgan fingerprint density at radius 1 is 1.53 bits per heavy atom. The van der Waals surface area contributed by atoms with Crippen LogP contribution in [0.25, 0.3) is 0 Å². The molecule has 1 heterocycles. The van der Waals surface area contributed by atoms with E-state index in [1.165, 1.54) is 0 Å². The molecule has 108 valence electrons. The zero-order chi connectivity index (χ0) is 14.7. The van der Waals surface area contributed by atoms with E-state index in [0.29, 0.717) is 0 Å². The highest BCUT2D eigenvalue weighted by molar-refractivity contribution is 7.89. The van der Waals surface area contributed by atoms with Gasteiger partial charge in [0.2, 0.25) is 10.0 Å². The molecule has 0 saturated heterocycles. The van der Waals surface area contributed by atoms with E-state index >= 15 is 0 Å². The standard InChI is InChI=1S/C10H17N3O5S/c1-10(2,7-14)6-12-19(17,18)8-3-11-13(4-8)5-9(15)16/h3-4,12,14H,5-7H2,1-2H3,(H,15,16). The van der Waals surface area contributed by atoms with Gasteiger partial charge in [0.1, 0.15) is 11.4 Å². The zero-order valence-electron chi connectivity index (χ0n) is 10.7. The number of nitrogens with one attached hydrogen (secondary N) is 1. The van der Waals surface area contributed by atoms with Gasteiger partial charge in [-0.25, -0.2) is 13.1 Å². The molecule has 1 aromatic rings. The Bertz CT molecular complexity index is 549. The van der Waals surface area contributed by atoms with Crippen molar-refractivity contribution < 1.29 is 23.4 Å². The monoisotopic (exact) mass is 291 g/mol. The van der Waals surface area contributed by atoms with Crippen LogP contribution in [0.5, 0.6) is 0 Å². The first kappa shape index (κ1) is 15.6. The highest BCUT2D eigenvalue weighted by atomic mass is 32.2. The summed E-state index contributed by atoms with van der Waals surface area (Å²) in [5, 5.41) is 21.3. The summed E-state index contributed by atoms with van der Waals surface area (Å²) in [6.45, 7) is 2.92. The van der Waals surface area contributed by atoms with Crippen molar-refractivity contribution in [2.75, 3.05) is 13.2 Å². The molecule has 0 bridgehead atoms.